The highest BCUT2D eigenvalue weighted by atomic mass is 35.5. The number of hydrogen-bond donors (Lipinski definition) is 0. The molecule has 0 amide bonds. The van der Waals surface area contributed by atoms with Gasteiger partial charge in [-0.2, -0.15) is 9.57 Å². The lowest BCUT2D eigenvalue weighted by Crippen LogP contribution is -2.49. The number of hydrogen-bond acceptors (Lipinski definition) is 5. The third-order valence-corrected chi connectivity index (χ3v) is 6.57. The standard InChI is InChI=1S/C19H20ClN3O3S/c20-17-4-6-18(7-5-17)26-13-12-22-8-10-23(11-9-22)27(24,25)19-3-1-2-16(14-19)15-21/h1-7,14H,8-13H2. The Labute approximate surface area is 164 Å². The minimum absolute atomic E-state index is 0.168. The average Bonchev–Trinajstić information content (AvgIpc) is 2.70. The molecule has 0 saturated carbocycles. The minimum atomic E-state index is -3.57. The topological polar surface area (TPSA) is 73.6 Å². The van der Waals surface area contributed by atoms with E-state index in [4.69, 9.17) is 21.6 Å². The third-order valence-electron chi connectivity index (χ3n) is 4.42. The van der Waals surface area contributed by atoms with Crippen LogP contribution in [0.25, 0.3) is 0 Å². The first-order valence-electron chi connectivity index (χ1n) is 8.60. The molecule has 1 saturated heterocycles. The van der Waals surface area contributed by atoms with Crippen molar-refractivity contribution in [1.29, 1.82) is 5.26 Å². The van der Waals surface area contributed by atoms with Gasteiger partial charge in [0.15, 0.2) is 0 Å². The van der Waals surface area contributed by atoms with E-state index in [9.17, 15) is 8.42 Å². The molecule has 0 spiro atoms. The van der Waals surface area contributed by atoms with Crippen LogP contribution in [0.15, 0.2) is 53.4 Å². The molecule has 2 aromatic rings. The highest BCUT2D eigenvalue weighted by Gasteiger charge is 2.28. The first-order valence-corrected chi connectivity index (χ1v) is 10.4. The lowest BCUT2D eigenvalue weighted by Gasteiger charge is -2.33. The molecular weight excluding hydrogens is 386 g/mol. The molecule has 8 heteroatoms. The first kappa shape index (κ1) is 19.6. The van der Waals surface area contributed by atoms with Gasteiger partial charge in [-0.05, 0) is 42.5 Å². The van der Waals surface area contributed by atoms with Gasteiger partial charge in [0, 0.05) is 37.7 Å². The summed E-state index contributed by atoms with van der Waals surface area (Å²) in [6.45, 7) is 3.36. The number of rotatable bonds is 6. The Morgan fingerprint density at radius 2 is 1.78 bits per heavy atom. The molecule has 142 valence electrons. The Kier molecular flexibility index (Phi) is 6.34. The molecule has 2 aromatic carbocycles. The summed E-state index contributed by atoms with van der Waals surface area (Å²) in [5.74, 6) is 0.762. The monoisotopic (exact) mass is 405 g/mol. The lowest BCUT2D eigenvalue weighted by atomic mass is 10.2. The molecule has 1 aliphatic rings. The highest BCUT2D eigenvalue weighted by molar-refractivity contribution is 7.89. The highest BCUT2D eigenvalue weighted by Crippen LogP contribution is 2.19. The zero-order valence-electron chi connectivity index (χ0n) is 14.7. The maximum Gasteiger partial charge on any atom is 0.243 e. The van der Waals surface area contributed by atoms with Crippen LogP contribution in [-0.2, 0) is 10.0 Å². The van der Waals surface area contributed by atoms with Gasteiger partial charge < -0.3 is 4.74 Å². The van der Waals surface area contributed by atoms with Crippen molar-refractivity contribution in [2.45, 2.75) is 4.90 Å². The van der Waals surface area contributed by atoms with Crippen molar-refractivity contribution in [3.8, 4) is 11.8 Å². The molecule has 1 aliphatic heterocycles. The molecule has 0 N–H and O–H groups in total. The molecule has 6 nitrogen and oxygen atoms in total. The fraction of sp³-hybridized carbons (Fsp3) is 0.316. The Hall–Kier alpha value is -2.11. The van der Waals surface area contributed by atoms with E-state index in [0.29, 0.717) is 43.4 Å². The van der Waals surface area contributed by atoms with Crippen molar-refractivity contribution in [2.75, 3.05) is 39.3 Å². The van der Waals surface area contributed by atoms with Crippen LogP contribution in [0.5, 0.6) is 5.75 Å². The zero-order chi connectivity index (χ0) is 19.3. The van der Waals surface area contributed by atoms with E-state index < -0.39 is 10.0 Å². The van der Waals surface area contributed by atoms with Crippen LogP contribution in [0.2, 0.25) is 5.02 Å². The van der Waals surface area contributed by atoms with Gasteiger partial charge in [-0.3, -0.25) is 4.90 Å². The van der Waals surface area contributed by atoms with E-state index in [2.05, 4.69) is 4.90 Å². The van der Waals surface area contributed by atoms with E-state index in [-0.39, 0.29) is 4.90 Å². The Morgan fingerprint density at radius 1 is 1.07 bits per heavy atom. The number of piperazine rings is 1. The summed E-state index contributed by atoms with van der Waals surface area (Å²) in [6.07, 6.45) is 0. The molecule has 1 fully saturated rings. The van der Waals surface area contributed by atoms with Crippen LogP contribution in [0, 0.1) is 11.3 Å². The molecular formula is C19H20ClN3O3S. The quantitative estimate of drug-likeness (QED) is 0.738. The third kappa shape index (κ3) is 4.99. The van der Waals surface area contributed by atoms with Gasteiger partial charge in [-0.25, -0.2) is 8.42 Å². The fourth-order valence-corrected chi connectivity index (χ4v) is 4.49. The summed E-state index contributed by atoms with van der Waals surface area (Å²) in [7, 11) is -3.57. The van der Waals surface area contributed by atoms with Crippen molar-refractivity contribution in [3.05, 3.63) is 59.1 Å². The molecule has 0 aliphatic carbocycles. The number of ether oxygens (including phenoxy) is 1. The molecule has 0 bridgehead atoms. The van der Waals surface area contributed by atoms with Crippen molar-refractivity contribution in [3.63, 3.8) is 0 Å². The van der Waals surface area contributed by atoms with Crippen LogP contribution in [0.4, 0.5) is 0 Å². The summed E-state index contributed by atoms with van der Waals surface area (Å²) in [6, 6.07) is 15.3. The SMILES string of the molecule is N#Cc1cccc(S(=O)(=O)N2CCN(CCOc3ccc(Cl)cc3)CC2)c1. The largest absolute Gasteiger partial charge is 0.492 e. The fourth-order valence-electron chi connectivity index (χ4n) is 2.89. The van der Waals surface area contributed by atoms with Gasteiger partial charge in [-0.1, -0.05) is 17.7 Å². The molecule has 3 rings (SSSR count). The minimum Gasteiger partial charge on any atom is -0.492 e. The van der Waals surface area contributed by atoms with Gasteiger partial charge in [0.1, 0.15) is 12.4 Å². The Morgan fingerprint density at radius 3 is 2.44 bits per heavy atom. The van der Waals surface area contributed by atoms with E-state index in [1.807, 2.05) is 18.2 Å². The summed E-state index contributed by atoms with van der Waals surface area (Å²) < 4.78 is 32.7. The molecule has 0 radical (unpaired) electrons. The van der Waals surface area contributed by atoms with E-state index in [1.54, 1.807) is 24.3 Å². The summed E-state index contributed by atoms with van der Waals surface area (Å²) in [4.78, 5) is 2.34. The molecule has 1 heterocycles. The smallest absolute Gasteiger partial charge is 0.243 e. The maximum atomic E-state index is 12.8. The summed E-state index contributed by atoms with van der Waals surface area (Å²) >= 11 is 5.85. The van der Waals surface area contributed by atoms with Crippen LogP contribution >= 0.6 is 11.6 Å². The summed E-state index contributed by atoms with van der Waals surface area (Å²) in [5.41, 5.74) is 0.342. The molecule has 0 unspecified atom stereocenters. The van der Waals surface area contributed by atoms with Gasteiger partial charge >= 0.3 is 0 Å². The second kappa shape index (κ2) is 8.72. The van der Waals surface area contributed by atoms with E-state index >= 15 is 0 Å². The van der Waals surface area contributed by atoms with Gasteiger partial charge in [0.2, 0.25) is 10.0 Å². The van der Waals surface area contributed by atoms with Crippen LogP contribution in [0.3, 0.4) is 0 Å². The van der Waals surface area contributed by atoms with Gasteiger partial charge in [-0.15, -0.1) is 0 Å². The van der Waals surface area contributed by atoms with E-state index in [1.165, 1.54) is 16.4 Å². The van der Waals surface area contributed by atoms with Crippen molar-refractivity contribution in [1.82, 2.24) is 9.21 Å². The summed E-state index contributed by atoms with van der Waals surface area (Å²) in [5, 5.41) is 9.63. The second-order valence-corrected chi connectivity index (χ2v) is 8.56. The molecule has 27 heavy (non-hydrogen) atoms. The van der Waals surface area contributed by atoms with Crippen LogP contribution in [0.1, 0.15) is 5.56 Å². The first-order chi connectivity index (χ1) is 13.0. The number of sulfonamides is 1. The van der Waals surface area contributed by atoms with Crippen LogP contribution < -0.4 is 4.74 Å². The normalized spacial score (nSPS) is 16.0. The maximum absolute atomic E-state index is 12.8. The zero-order valence-corrected chi connectivity index (χ0v) is 16.3. The number of nitrogens with zero attached hydrogens (tertiary/aromatic N) is 3. The molecule has 0 aromatic heterocycles. The number of halogens is 1. The Balaban J connectivity index is 1.50. The van der Waals surface area contributed by atoms with Gasteiger partial charge in [0.05, 0.1) is 16.5 Å². The van der Waals surface area contributed by atoms with Gasteiger partial charge in [0.25, 0.3) is 0 Å². The average molecular weight is 406 g/mol. The van der Waals surface area contributed by atoms with Crippen molar-refractivity contribution in [2.24, 2.45) is 0 Å². The predicted octanol–water partition coefficient (Wildman–Crippen LogP) is 2.60. The number of benzene rings is 2. The second-order valence-electron chi connectivity index (χ2n) is 6.19. The van der Waals surface area contributed by atoms with E-state index in [0.717, 1.165) is 12.3 Å². The van der Waals surface area contributed by atoms with Crippen molar-refractivity contribution < 1.29 is 13.2 Å². The Bertz CT molecular complexity index is 918. The molecule has 0 atom stereocenters. The predicted molar refractivity (Wildman–Crippen MR) is 103 cm³/mol. The number of nitriles is 1. The van der Waals surface area contributed by atoms with Crippen LogP contribution in [-0.4, -0.2) is 57.0 Å². The van der Waals surface area contributed by atoms with Crippen molar-refractivity contribution >= 4 is 21.6 Å². The lowest BCUT2D eigenvalue weighted by molar-refractivity contribution is 0.159.